The lowest BCUT2D eigenvalue weighted by atomic mass is 10.1. The minimum atomic E-state index is 0.666. The molecule has 0 aliphatic heterocycles. The van der Waals surface area contributed by atoms with Crippen LogP contribution in [0.15, 0.2) is 40.9 Å². The lowest BCUT2D eigenvalue weighted by Gasteiger charge is -2.03. The molecule has 0 bridgehead atoms. The van der Waals surface area contributed by atoms with Crippen LogP contribution in [0, 0.1) is 6.92 Å². The summed E-state index contributed by atoms with van der Waals surface area (Å²) in [6.45, 7) is 2.06. The molecule has 3 rings (SSSR count). The third-order valence-electron chi connectivity index (χ3n) is 2.91. The molecule has 2 aromatic carbocycles. The van der Waals surface area contributed by atoms with E-state index in [-0.39, 0.29) is 0 Å². The van der Waals surface area contributed by atoms with E-state index in [1.165, 1.54) is 5.56 Å². The number of nitrogens with one attached hydrogen (secondary N) is 1. The van der Waals surface area contributed by atoms with Gasteiger partial charge in [-0.1, -0.05) is 35.9 Å². The van der Waals surface area contributed by atoms with Crippen LogP contribution in [-0.4, -0.2) is 9.97 Å². The molecule has 3 aromatic rings. The van der Waals surface area contributed by atoms with Crippen molar-refractivity contribution in [1.29, 1.82) is 0 Å². The Morgan fingerprint density at radius 3 is 2.72 bits per heavy atom. The number of aromatic nitrogens is 2. The van der Waals surface area contributed by atoms with Crippen molar-refractivity contribution in [3.63, 3.8) is 0 Å². The van der Waals surface area contributed by atoms with Gasteiger partial charge in [-0.05, 0) is 40.5 Å². The average molecular weight is 322 g/mol. The van der Waals surface area contributed by atoms with Crippen LogP contribution in [0.2, 0.25) is 5.02 Å². The molecule has 1 aromatic heterocycles. The van der Waals surface area contributed by atoms with E-state index in [0.717, 1.165) is 26.9 Å². The number of hydrogen-bond donors (Lipinski definition) is 1. The minimum absolute atomic E-state index is 0.666. The maximum Gasteiger partial charge on any atom is 0.139 e. The first-order chi connectivity index (χ1) is 8.66. The van der Waals surface area contributed by atoms with E-state index in [4.69, 9.17) is 11.6 Å². The van der Waals surface area contributed by atoms with Gasteiger partial charge in [0.15, 0.2) is 0 Å². The summed E-state index contributed by atoms with van der Waals surface area (Å²) < 4.78 is 1.06. The summed E-state index contributed by atoms with van der Waals surface area (Å²) in [6, 6.07) is 11.8. The number of para-hydroxylation sites is 1. The third-order valence-corrected chi connectivity index (χ3v) is 4.27. The number of nitrogens with zero attached hydrogens (tertiary/aromatic N) is 1. The minimum Gasteiger partial charge on any atom is -0.338 e. The maximum absolute atomic E-state index is 6.13. The zero-order chi connectivity index (χ0) is 12.7. The molecule has 0 aliphatic rings. The van der Waals surface area contributed by atoms with E-state index >= 15 is 0 Å². The van der Waals surface area contributed by atoms with Crippen molar-refractivity contribution in [3.8, 4) is 11.4 Å². The van der Waals surface area contributed by atoms with Gasteiger partial charge in [0.05, 0.1) is 10.5 Å². The number of fused-ring (bicyclic) bond motifs is 1. The van der Waals surface area contributed by atoms with Crippen molar-refractivity contribution >= 4 is 38.6 Å². The summed E-state index contributed by atoms with van der Waals surface area (Å²) in [5, 5.41) is 0.666. The highest BCUT2D eigenvalue weighted by atomic mass is 79.9. The molecule has 0 atom stereocenters. The Balaban J connectivity index is 2.26. The molecule has 1 N–H and O–H groups in total. The summed E-state index contributed by atoms with van der Waals surface area (Å²) in [7, 11) is 0. The lowest BCUT2D eigenvalue weighted by molar-refractivity contribution is 1.31. The summed E-state index contributed by atoms with van der Waals surface area (Å²) >= 11 is 9.73. The normalized spacial score (nSPS) is 11.1. The van der Waals surface area contributed by atoms with Gasteiger partial charge in [-0.15, -0.1) is 0 Å². The van der Waals surface area contributed by atoms with Gasteiger partial charge in [0.25, 0.3) is 0 Å². The fourth-order valence-corrected chi connectivity index (χ4v) is 2.62. The van der Waals surface area contributed by atoms with Crippen molar-refractivity contribution in [2.45, 2.75) is 6.92 Å². The highest BCUT2D eigenvalue weighted by molar-refractivity contribution is 9.10. The highest BCUT2D eigenvalue weighted by Crippen LogP contribution is 2.31. The number of imidazole rings is 1. The monoisotopic (exact) mass is 320 g/mol. The van der Waals surface area contributed by atoms with Crippen LogP contribution in [0.3, 0.4) is 0 Å². The van der Waals surface area contributed by atoms with Gasteiger partial charge in [0, 0.05) is 10.0 Å². The summed E-state index contributed by atoms with van der Waals surface area (Å²) in [5.41, 5.74) is 3.98. The van der Waals surface area contributed by atoms with Crippen LogP contribution in [0.1, 0.15) is 5.56 Å². The van der Waals surface area contributed by atoms with Crippen LogP contribution < -0.4 is 0 Å². The second-order valence-corrected chi connectivity index (χ2v) is 5.36. The van der Waals surface area contributed by atoms with Crippen molar-refractivity contribution in [3.05, 3.63) is 51.5 Å². The molecule has 0 radical (unpaired) electrons. The molecule has 0 saturated heterocycles. The Labute approximate surface area is 118 Å². The molecule has 0 unspecified atom stereocenters. The zero-order valence-corrected chi connectivity index (χ0v) is 12.0. The molecular weight excluding hydrogens is 312 g/mol. The summed E-state index contributed by atoms with van der Waals surface area (Å²) in [4.78, 5) is 7.86. The molecule has 90 valence electrons. The molecule has 0 aliphatic carbocycles. The van der Waals surface area contributed by atoms with E-state index in [1.54, 1.807) is 0 Å². The van der Waals surface area contributed by atoms with Crippen molar-refractivity contribution < 1.29 is 0 Å². The predicted octanol–water partition coefficient (Wildman–Crippen LogP) is 4.95. The maximum atomic E-state index is 6.13. The SMILES string of the molecule is Cc1cccc(-c2nc3c(Cl)cccc3[nH]2)c1Br. The molecular formula is C14H10BrClN2. The molecule has 4 heteroatoms. The largest absolute Gasteiger partial charge is 0.338 e. The Morgan fingerprint density at radius 2 is 1.94 bits per heavy atom. The van der Waals surface area contributed by atoms with Crippen LogP contribution in [0.5, 0.6) is 0 Å². The number of rotatable bonds is 1. The van der Waals surface area contributed by atoms with Gasteiger partial charge in [0.1, 0.15) is 11.3 Å². The van der Waals surface area contributed by atoms with Crippen LogP contribution in [0.4, 0.5) is 0 Å². The van der Waals surface area contributed by atoms with Gasteiger partial charge in [-0.3, -0.25) is 0 Å². The van der Waals surface area contributed by atoms with Crippen molar-refractivity contribution in [1.82, 2.24) is 9.97 Å². The molecule has 2 nitrogen and oxygen atoms in total. The van der Waals surface area contributed by atoms with E-state index in [2.05, 4.69) is 38.9 Å². The summed E-state index contributed by atoms with van der Waals surface area (Å²) in [5.74, 6) is 0.827. The number of hydrogen-bond acceptors (Lipinski definition) is 1. The average Bonchev–Trinajstić information content (AvgIpc) is 2.78. The Kier molecular flexibility index (Phi) is 2.88. The molecule has 0 saturated carbocycles. The molecule has 18 heavy (non-hydrogen) atoms. The molecule has 0 spiro atoms. The molecule has 0 fully saturated rings. The Morgan fingerprint density at radius 1 is 1.17 bits per heavy atom. The van der Waals surface area contributed by atoms with Crippen LogP contribution in [-0.2, 0) is 0 Å². The van der Waals surface area contributed by atoms with Crippen molar-refractivity contribution in [2.75, 3.05) is 0 Å². The predicted molar refractivity (Wildman–Crippen MR) is 79.0 cm³/mol. The van der Waals surface area contributed by atoms with Gasteiger partial charge in [-0.2, -0.15) is 0 Å². The second kappa shape index (κ2) is 4.41. The van der Waals surface area contributed by atoms with Crippen molar-refractivity contribution in [2.24, 2.45) is 0 Å². The Hall–Kier alpha value is -1.32. The van der Waals surface area contributed by atoms with Gasteiger partial charge < -0.3 is 4.98 Å². The van der Waals surface area contributed by atoms with E-state index in [1.807, 2.05) is 30.3 Å². The number of halogens is 2. The van der Waals surface area contributed by atoms with Gasteiger partial charge >= 0.3 is 0 Å². The standard InChI is InChI=1S/C14H10BrClN2/c1-8-4-2-5-9(12(8)15)14-17-11-7-3-6-10(16)13(11)18-14/h2-7H,1H3,(H,17,18). The quantitative estimate of drug-likeness (QED) is 0.674. The first-order valence-corrected chi connectivity index (χ1v) is 6.73. The number of aryl methyl sites for hydroxylation is 1. The van der Waals surface area contributed by atoms with E-state index in [9.17, 15) is 0 Å². The van der Waals surface area contributed by atoms with E-state index < -0.39 is 0 Å². The first-order valence-electron chi connectivity index (χ1n) is 5.56. The fraction of sp³-hybridized carbons (Fsp3) is 0.0714. The zero-order valence-electron chi connectivity index (χ0n) is 9.67. The van der Waals surface area contributed by atoms with Gasteiger partial charge in [-0.25, -0.2) is 4.98 Å². The number of aromatic amines is 1. The topological polar surface area (TPSA) is 28.7 Å². The second-order valence-electron chi connectivity index (χ2n) is 4.16. The Bertz CT molecular complexity index is 734. The molecule has 0 amide bonds. The summed E-state index contributed by atoms with van der Waals surface area (Å²) in [6.07, 6.45) is 0. The highest BCUT2D eigenvalue weighted by Gasteiger charge is 2.11. The molecule has 1 heterocycles. The van der Waals surface area contributed by atoms with Gasteiger partial charge in [0.2, 0.25) is 0 Å². The lowest BCUT2D eigenvalue weighted by Crippen LogP contribution is -1.84. The number of H-pyrrole nitrogens is 1. The first kappa shape index (κ1) is 11.8. The smallest absolute Gasteiger partial charge is 0.139 e. The third kappa shape index (κ3) is 1.84. The fourth-order valence-electron chi connectivity index (χ4n) is 1.96. The number of benzene rings is 2. The van der Waals surface area contributed by atoms with Crippen LogP contribution in [0.25, 0.3) is 22.4 Å². The van der Waals surface area contributed by atoms with E-state index in [0.29, 0.717) is 5.02 Å². The van der Waals surface area contributed by atoms with Crippen LogP contribution >= 0.6 is 27.5 Å².